The standard InChI is InChI=1S/C32H26O8S2/c33-25-4-12-29(13-5-25)41(35,36)31-16-8-27(9-17-31)39-21-23-2-1-3-24(20-23)22-40-28-10-18-32(19-11-28)42(37,38)30-14-6-26(34)7-15-30/h1-20,33-34H,21-22H2. The molecule has 0 saturated heterocycles. The second kappa shape index (κ2) is 12.0. The first kappa shape index (κ1) is 28.7. The van der Waals surface area contributed by atoms with Gasteiger partial charge in [-0.1, -0.05) is 18.2 Å². The van der Waals surface area contributed by atoms with Crippen molar-refractivity contribution in [1.82, 2.24) is 0 Å². The molecule has 0 unspecified atom stereocenters. The van der Waals surface area contributed by atoms with E-state index in [-0.39, 0.29) is 44.3 Å². The largest absolute Gasteiger partial charge is 0.508 e. The zero-order valence-corrected chi connectivity index (χ0v) is 23.8. The smallest absolute Gasteiger partial charge is 0.206 e. The quantitative estimate of drug-likeness (QED) is 0.202. The predicted octanol–water partition coefficient (Wildman–Crippen LogP) is 5.92. The maximum Gasteiger partial charge on any atom is 0.206 e. The molecule has 2 N–H and O–H groups in total. The van der Waals surface area contributed by atoms with Crippen molar-refractivity contribution in [3.8, 4) is 23.0 Å². The minimum absolute atomic E-state index is 0.0113. The highest BCUT2D eigenvalue weighted by Crippen LogP contribution is 2.26. The van der Waals surface area contributed by atoms with E-state index < -0.39 is 19.7 Å². The normalized spacial score (nSPS) is 11.6. The molecule has 5 rings (SSSR count). The molecule has 0 radical (unpaired) electrons. The molecule has 0 bridgehead atoms. The van der Waals surface area contributed by atoms with Crippen molar-refractivity contribution in [2.24, 2.45) is 0 Å². The van der Waals surface area contributed by atoms with Crippen molar-refractivity contribution in [3.63, 3.8) is 0 Å². The van der Waals surface area contributed by atoms with Crippen molar-refractivity contribution in [3.05, 3.63) is 132 Å². The van der Waals surface area contributed by atoms with E-state index in [2.05, 4.69) is 0 Å². The Labute approximate surface area is 243 Å². The van der Waals surface area contributed by atoms with E-state index in [1.807, 2.05) is 24.3 Å². The van der Waals surface area contributed by atoms with Gasteiger partial charge >= 0.3 is 0 Å². The van der Waals surface area contributed by atoms with Crippen LogP contribution >= 0.6 is 0 Å². The third-order valence-corrected chi connectivity index (χ3v) is 9.94. The van der Waals surface area contributed by atoms with Gasteiger partial charge in [-0.15, -0.1) is 0 Å². The van der Waals surface area contributed by atoms with Crippen LogP contribution in [0.15, 0.2) is 141 Å². The van der Waals surface area contributed by atoms with Gasteiger partial charge in [0.2, 0.25) is 19.7 Å². The summed E-state index contributed by atoms with van der Waals surface area (Å²) < 4.78 is 62.9. The number of hydrogen-bond donors (Lipinski definition) is 2. The summed E-state index contributed by atoms with van der Waals surface area (Å²) in [6.45, 7) is 0.503. The molecule has 8 nitrogen and oxygen atoms in total. The lowest BCUT2D eigenvalue weighted by molar-refractivity contribution is 0.299. The first-order valence-electron chi connectivity index (χ1n) is 12.7. The molecule has 0 aliphatic heterocycles. The summed E-state index contributed by atoms with van der Waals surface area (Å²) in [6, 6.07) is 30.6. The van der Waals surface area contributed by atoms with Gasteiger partial charge in [-0.3, -0.25) is 0 Å². The maximum absolute atomic E-state index is 12.8. The van der Waals surface area contributed by atoms with E-state index >= 15 is 0 Å². The van der Waals surface area contributed by atoms with Crippen LogP contribution in [0.3, 0.4) is 0 Å². The van der Waals surface area contributed by atoms with Crippen LogP contribution in [0.25, 0.3) is 0 Å². The van der Waals surface area contributed by atoms with Crippen LogP contribution in [0.4, 0.5) is 0 Å². The van der Waals surface area contributed by atoms with Gasteiger partial charge < -0.3 is 19.7 Å². The van der Waals surface area contributed by atoms with Gasteiger partial charge in [0.05, 0.1) is 19.6 Å². The van der Waals surface area contributed by atoms with E-state index in [1.165, 1.54) is 72.8 Å². The molecule has 5 aromatic rings. The summed E-state index contributed by atoms with van der Waals surface area (Å²) in [6.07, 6.45) is 0. The summed E-state index contributed by atoms with van der Waals surface area (Å²) in [4.78, 5) is 0.405. The fourth-order valence-corrected chi connectivity index (χ4v) is 6.62. The van der Waals surface area contributed by atoms with E-state index in [9.17, 15) is 27.0 Å². The van der Waals surface area contributed by atoms with Gasteiger partial charge in [0.1, 0.15) is 36.2 Å². The molecule has 42 heavy (non-hydrogen) atoms. The number of rotatable bonds is 10. The Hall–Kier alpha value is -4.80. The van der Waals surface area contributed by atoms with Crippen molar-refractivity contribution in [1.29, 1.82) is 0 Å². The highest BCUT2D eigenvalue weighted by molar-refractivity contribution is 7.91. The van der Waals surface area contributed by atoms with E-state index in [0.29, 0.717) is 11.5 Å². The maximum atomic E-state index is 12.8. The minimum atomic E-state index is -3.72. The van der Waals surface area contributed by atoms with Crippen LogP contribution in [0.1, 0.15) is 11.1 Å². The Morgan fingerprint density at radius 3 is 1.10 bits per heavy atom. The lowest BCUT2D eigenvalue weighted by atomic mass is 10.1. The Morgan fingerprint density at radius 2 is 0.762 bits per heavy atom. The molecule has 10 heteroatoms. The van der Waals surface area contributed by atoms with Crippen molar-refractivity contribution in [2.75, 3.05) is 0 Å². The van der Waals surface area contributed by atoms with Crippen molar-refractivity contribution in [2.45, 2.75) is 32.8 Å². The fourth-order valence-electron chi connectivity index (χ4n) is 4.10. The van der Waals surface area contributed by atoms with Gasteiger partial charge in [-0.05, 0) is 114 Å². The predicted molar refractivity (Wildman–Crippen MR) is 155 cm³/mol. The number of ether oxygens (including phenoxy) is 2. The summed E-state index contributed by atoms with van der Waals surface area (Å²) in [7, 11) is -7.43. The summed E-state index contributed by atoms with van der Waals surface area (Å²) in [5.41, 5.74) is 1.76. The number of aromatic hydroxyl groups is 2. The third-order valence-electron chi connectivity index (χ3n) is 6.36. The number of phenolic OH excluding ortho intramolecular Hbond substituents is 2. The topological polar surface area (TPSA) is 127 Å². The van der Waals surface area contributed by atoms with Crippen molar-refractivity contribution < 1.29 is 36.5 Å². The van der Waals surface area contributed by atoms with Crippen LogP contribution in [-0.4, -0.2) is 27.0 Å². The summed E-state index contributed by atoms with van der Waals surface area (Å²) in [5.74, 6) is 0.984. The first-order valence-corrected chi connectivity index (χ1v) is 15.7. The van der Waals surface area contributed by atoms with Crippen LogP contribution in [0.2, 0.25) is 0 Å². The Bertz CT molecular complexity index is 1740. The molecule has 0 aliphatic carbocycles. The summed E-state index contributed by atoms with van der Waals surface area (Å²) >= 11 is 0. The molecular formula is C32H26O8S2. The zero-order valence-electron chi connectivity index (χ0n) is 22.1. The zero-order chi connectivity index (χ0) is 29.7. The highest BCUT2D eigenvalue weighted by atomic mass is 32.2. The molecule has 0 aromatic heterocycles. The molecule has 0 atom stereocenters. The van der Waals surface area contributed by atoms with Crippen LogP contribution in [0, 0.1) is 0 Å². The van der Waals surface area contributed by atoms with Gasteiger partial charge in [0.25, 0.3) is 0 Å². The van der Waals surface area contributed by atoms with Gasteiger partial charge in [-0.2, -0.15) is 0 Å². The van der Waals surface area contributed by atoms with Gasteiger partial charge in [0, 0.05) is 0 Å². The van der Waals surface area contributed by atoms with E-state index in [1.54, 1.807) is 24.3 Å². The Balaban J connectivity index is 1.17. The second-order valence-corrected chi connectivity index (χ2v) is 13.2. The second-order valence-electron chi connectivity index (χ2n) is 9.33. The first-order chi connectivity index (χ1) is 20.1. The molecule has 0 amide bonds. The van der Waals surface area contributed by atoms with E-state index in [0.717, 1.165) is 11.1 Å². The Morgan fingerprint density at radius 1 is 0.452 bits per heavy atom. The Kier molecular flexibility index (Phi) is 8.19. The lowest BCUT2D eigenvalue weighted by Crippen LogP contribution is -2.03. The molecule has 0 fully saturated rings. The fraction of sp³-hybridized carbons (Fsp3) is 0.0625. The van der Waals surface area contributed by atoms with Crippen LogP contribution in [0.5, 0.6) is 23.0 Å². The molecule has 0 spiro atoms. The third kappa shape index (κ3) is 6.56. The van der Waals surface area contributed by atoms with Crippen molar-refractivity contribution >= 4 is 19.7 Å². The average Bonchev–Trinajstić information content (AvgIpc) is 3.00. The SMILES string of the molecule is O=S(=O)(c1ccc(O)cc1)c1ccc(OCc2cccc(COc3ccc(S(=O)(=O)c4ccc(O)cc4)cc3)c2)cc1. The molecule has 0 aliphatic rings. The van der Waals surface area contributed by atoms with Crippen LogP contribution in [-0.2, 0) is 32.9 Å². The summed E-state index contributed by atoms with van der Waals surface area (Å²) in [5, 5.41) is 18.8. The molecular weight excluding hydrogens is 576 g/mol. The average molecular weight is 603 g/mol. The monoisotopic (exact) mass is 602 g/mol. The highest BCUT2D eigenvalue weighted by Gasteiger charge is 2.18. The number of sulfone groups is 2. The van der Waals surface area contributed by atoms with Gasteiger partial charge in [-0.25, -0.2) is 16.8 Å². The van der Waals surface area contributed by atoms with E-state index in [4.69, 9.17) is 9.47 Å². The van der Waals surface area contributed by atoms with Crippen LogP contribution < -0.4 is 9.47 Å². The number of hydrogen-bond acceptors (Lipinski definition) is 8. The lowest BCUT2D eigenvalue weighted by Gasteiger charge is -2.11. The minimum Gasteiger partial charge on any atom is -0.508 e. The van der Waals surface area contributed by atoms with Gasteiger partial charge in [0.15, 0.2) is 0 Å². The molecule has 5 aromatic carbocycles. The molecule has 0 heterocycles. The molecule has 214 valence electrons. The molecule has 0 saturated carbocycles. The number of benzene rings is 5. The number of phenols is 2.